The second-order valence-electron chi connectivity index (χ2n) is 3.28. The van der Waals surface area contributed by atoms with Gasteiger partial charge >= 0.3 is 0 Å². The number of anilines is 1. The number of thiazole rings is 1. The molecule has 0 aliphatic heterocycles. The van der Waals surface area contributed by atoms with Gasteiger partial charge in [-0.2, -0.15) is 0 Å². The highest BCUT2D eigenvalue weighted by Gasteiger charge is 2.15. The van der Waals surface area contributed by atoms with Gasteiger partial charge in [-0.15, -0.1) is 23.1 Å². The van der Waals surface area contributed by atoms with Crippen molar-refractivity contribution in [3.05, 3.63) is 28.9 Å². The molecule has 1 aromatic heterocycles. The van der Waals surface area contributed by atoms with Crippen molar-refractivity contribution in [3.8, 4) is 10.6 Å². The van der Waals surface area contributed by atoms with Crippen molar-refractivity contribution in [2.24, 2.45) is 0 Å². The molecule has 1 heterocycles. The van der Waals surface area contributed by atoms with Crippen LogP contribution >= 0.6 is 23.1 Å². The van der Waals surface area contributed by atoms with Gasteiger partial charge in [0.15, 0.2) is 0 Å². The maximum Gasteiger partial charge on any atom is 0.138 e. The van der Waals surface area contributed by atoms with Crippen LogP contribution in [0.1, 0.15) is 4.88 Å². The molecule has 2 aromatic rings. The van der Waals surface area contributed by atoms with Crippen LogP contribution in [-0.4, -0.2) is 11.2 Å². The van der Waals surface area contributed by atoms with E-state index in [0.29, 0.717) is 16.4 Å². The van der Waals surface area contributed by atoms with Gasteiger partial charge in [0.1, 0.15) is 16.6 Å². The third-order valence-electron chi connectivity index (χ3n) is 2.24. The summed E-state index contributed by atoms with van der Waals surface area (Å²) in [5, 5.41) is 0.650. The van der Waals surface area contributed by atoms with Gasteiger partial charge in [-0.1, -0.05) is 6.07 Å². The number of thioether (sulfide) groups is 1. The molecule has 0 bridgehead atoms. The minimum Gasteiger partial charge on any atom is -0.383 e. The fourth-order valence-electron chi connectivity index (χ4n) is 1.40. The van der Waals surface area contributed by atoms with E-state index in [1.165, 1.54) is 29.2 Å². The highest BCUT2D eigenvalue weighted by atomic mass is 32.2. The largest absolute Gasteiger partial charge is 0.383 e. The first-order valence-corrected chi connectivity index (χ1v) is 6.73. The van der Waals surface area contributed by atoms with Gasteiger partial charge in [-0.3, -0.25) is 0 Å². The number of nitrogens with two attached hydrogens (primary N) is 1. The summed E-state index contributed by atoms with van der Waals surface area (Å²) < 4.78 is 13.8. The Bertz CT molecular complexity index is 503. The quantitative estimate of drug-likeness (QED) is 0.833. The number of nitrogen functional groups attached to an aromatic ring is 1. The number of aryl methyl sites for hydroxylation is 1. The van der Waals surface area contributed by atoms with E-state index in [1.54, 1.807) is 6.07 Å². The molecular weight excluding hydrogens is 243 g/mol. The number of nitrogens with zero attached hydrogens (tertiary/aromatic N) is 1. The molecule has 0 spiro atoms. The summed E-state index contributed by atoms with van der Waals surface area (Å²) in [5.74, 6) is 0.232. The van der Waals surface area contributed by atoms with Crippen molar-refractivity contribution in [1.82, 2.24) is 4.98 Å². The molecule has 1 aromatic carbocycles. The lowest BCUT2D eigenvalue weighted by atomic mass is 10.2. The zero-order valence-electron chi connectivity index (χ0n) is 8.95. The molecule has 5 heteroatoms. The molecule has 0 saturated carbocycles. The third-order valence-corrected chi connectivity index (χ3v) is 4.03. The number of halogens is 1. The standard InChI is InChI=1S/C11H11FN2S2/c1-6-10(13)14-11(16-6)9-7(12)4-3-5-8(9)15-2/h3-5H,13H2,1-2H3. The predicted molar refractivity (Wildman–Crippen MR) is 68.4 cm³/mol. The fraction of sp³-hybridized carbons (Fsp3) is 0.182. The zero-order valence-corrected chi connectivity index (χ0v) is 10.6. The van der Waals surface area contributed by atoms with Crippen molar-refractivity contribution in [2.75, 3.05) is 12.0 Å². The van der Waals surface area contributed by atoms with E-state index >= 15 is 0 Å². The molecule has 0 radical (unpaired) electrons. The first-order valence-electron chi connectivity index (χ1n) is 4.69. The van der Waals surface area contributed by atoms with E-state index in [4.69, 9.17) is 5.73 Å². The zero-order chi connectivity index (χ0) is 11.7. The van der Waals surface area contributed by atoms with Gasteiger partial charge < -0.3 is 5.73 Å². The van der Waals surface area contributed by atoms with E-state index < -0.39 is 0 Å². The van der Waals surface area contributed by atoms with Gasteiger partial charge in [0, 0.05) is 9.77 Å². The summed E-state index contributed by atoms with van der Waals surface area (Å²) in [6.45, 7) is 1.89. The normalized spacial score (nSPS) is 10.7. The summed E-state index contributed by atoms with van der Waals surface area (Å²) >= 11 is 2.93. The minimum absolute atomic E-state index is 0.249. The van der Waals surface area contributed by atoms with Crippen molar-refractivity contribution >= 4 is 28.9 Å². The van der Waals surface area contributed by atoms with E-state index in [1.807, 2.05) is 19.2 Å². The first kappa shape index (κ1) is 11.4. The molecule has 0 fully saturated rings. The molecule has 2 rings (SSSR count). The minimum atomic E-state index is -0.249. The van der Waals surface area contributed by atoms with E-state index in [2.05, 4.69) is 4.98 Å². The van der Waals surface area contributed by atoms with Gasteiger partial charge in [0.2, 0.25) is 0 Å². The van der Waals surface area contributed by atoms with Crippen LogP contribution in [0.25, 0.3) is 10.6 Å². The number of hydrogen-bond donors (Lipinski definition) is 1. The monoisotopic (exact) mass is 254 g/mol. The summed E-state index contributed by atoms with van der Waals surface area (Å²) in [6.07, 6.45) is 1.92. The van der Waals surface area contributed by atoms with E-state index in [9.17, 15) is 4.39 Å². The van der Waals surface area contributed by atoms with Crippen molar-refractivity contribution < 1.29 is 4.39 Å². The molecule has 0 amide bonds. The Hall–Kier alpha value is -1.07. The highest BCUT2D eigenvalue weighted by molar-refractivity contribution is 7.98. The second kappa shape index (κ2) is 4.43. The predicted octanol–water partition coefficient (Wildman–Crippen LogP) is 3.56. The fourth-order valence-corrected chi connectivity index (χ4v) is 2.97. The average Bonchev–Trinajstić information content (AvgIpc) is 2.58. The smallest absolute Gasteiger partial charge is 0.138 e. The molecule has 0 aliphatic carbocycles. The lowest BCUT2D eigenvalue weighted by molar-refractivity contribution is 0.628. The molecule has 0 atom stereocenters. The van der Waals surface area contributed by atoms with Crippen LogP contribution < -0.4 is 5.73 Å². The highest BCUT2D eigenvalue weighted by Crippen LogP contribution is 2.36. The third kappa shape index (κ3) is 1.92. The second-order valence-corrected chi connectivity index (χ2v) is 5.33. The summed E-state index contributed by atoms with van der Waals surface area (Å²) in [4.78, 5) is 6.00. The molecule has 16 heavy (non-hydrogen) atoms. The summed E-state index contributed by atoms with van der Waals surface area (Å²) in [5.41, 5.74) is 6.25. The average molecular weight is 254 g/mol. The molecule has 0 unspecified atom stereocenters. The summed E-state index contributed by atoms with van der Waals surface area (Å²) in [6, 6.07) is 5.03. The SMILES string of the molecule is CSc1cccc(F)c1-c1nc(N)c(C)s1. The Labute approximate surface area is 102 Å². The van der Waals surface area contributed by atoms with Crippen LogP contribution in [0.15, 0.2) is 23.1 Å². The number of benzene rings is 1. The molecule has 84 valence electrons. The number of rotatable bonds is 2. The van der Waals surface area contributed by atoms with Crippen LogP contribution in [0, 0.1) is 12.7 Å². The number of aromatic nitrogens is 1. The van der Waals surface area contributed by atoms with Gasteiger partial charge in [-0.25, -0.2) is 9.37 Å². The van der Waals surface area contributed by atoms with Crippen LogP contribution in [0.5, 0.6) is 0 Å². The van der Waals surface area contributed by atoms with Gasteiger partial charge in [-0.05, 0) is 25.3 Å². The van der Waals surface area contributed by atoms with Crippen molar-refractivity contribution in [3.63, 3.8) is 0 Å². The lowest BCUT2D eigenvalue weighted by Gasteiger charge is -2.04. The van der Waals surface area contributed by atoms with Gasteiger partial charge in [0.05, 0.1) is 5.56 Å². The number of hydrogen-bond acceptors (Lipinski definition) is 4. The van der Waals surface area contributed by atoms with Crippen molar-refractivity contribution in [2.45, 2.75) is 11.8 Å². The molecule has 2 N–H and O–H groups in total. The molecule has 0 aliphatic rings. The van der Waals surface area contributed by atoms with Gasteiger partial charge in [0.25, 0.3) is 0 Å². The first-order chi connectivity index (χ1) is 7.63. The Morgan fingerprint density at radius 3 is 2.75 bits per heavy atom. The topological polar surface area (TPSA) is 38.9 Å². The Morgan fingerprint density at radius 1 is 1.44 bits per heavy atom. The van der Waals surface area contributed by atoms with Crippen LogP contribution in [0.3, 0.4) is 0 Å². The van der Waals surface area contributed by atoms with E-state index in [-0.39, 0.29) is 5.82 Å². The van der Waals surface area contributed by atoms with E-state index in [0.717, 1.165) is 9.77 Å². The molecule has 2 nitrogen and oxygen atoms in total. The van der Waals surface area contributed by atoms with Crippen LogP contribution in [0.2, 0.25) is 0 Å². The van der Waals surface area contributed by atoms with Crippen molar-refractivity contribution in [1.29, 1.82) is 0 Å². The maximum absolute atomic E-state index is 13.8. The Kier molecular flexibility index (Phi) is 3.16. The Morgan fingerprint density at radius 2 is 2.19 bits per heavy atom. The Balaban J connectivity index is 2.62. The van der Waals surface area contributed by atoms with Crippen LogP contribution in [0.4, 0.5) is 10.2 Å². The summed E-state index contributed by atoms with van der Waals surface area (Å²) in [7, 11) is 0. The maximum atomic E-state index is 13.8. The molecule has 0 saturated heterocycles. The van der Waals surface area contributed by atoms with Crippen LogP contribution in [-0.2, 0) is 0 Å². The lowest BCUT2D eigenvalue weighted by Crippen LogP contribution is -1.89. The molecular formula is C11H11FN2S2.